The van der Waals surface area contributed by atoms with Gasteiger partial charge in [0.1, 0.15) is 0 Å². The van der Waals surface area contributed by atoms with Crippen molar-refractivity contribution in [2.45, 2.75) is 39.3 Å². The van der Waals surface area contributed by atoms with E-state index in [2.05, 4.69) is 10.4 Å². The van der Waals surface area contributed by atoms with Gasteiger partial charge in [-0.3, -0.25) is 14.3 Å². The third kappa shape index (κ3) is 2.94. The minimum atomic E-state index is -0.496. The molecule has 0 bridgehead atoms. The van der Waals surface area contributed by atoms with Crippen molar-refractivity contribution in [1.29, 1.82) is 0 Å². The van der Waals surface area contributed by atoms with E-state index >= 15 is 0 Å². The van der Waals surface area contributed by atoms with Crippen molar-refractivity contribution in [2.75, 3.05) is 19.0 Å². The number of rotatable bonds is 3. The lowest BCUT2D eigenvalue weighted by Crippen LogP contribution is -2.39. The Morgan fingerprint density at radius 1 is 1.29 bits per heavy atom. The number of aryl methyl sites for hydroxylation is 1. The first-order valence-corrected chi connectivity index (χ1v) is 9.22. The number of anilines is 1. The SMILES string of the molecule is COC(=O)c1cc2n(n1)CCN(C(=O)C[C@@H]1C(=O)Nc3c1ccc(C)c3C)C2. The number of aromatic nitrogens is 2. The van der Waals surface area contributed by atoms with Crippen molar-refractivity contribution < 1.29 is 19.1 Å². The zero-order chi connectivity index (χ0) is 20.0. The average molecular weight is 382 g/mol. The normalized spacial score (nSPS) is 17.8. The molecule has 2 aromatic rings. The highest BCUT2D eigenvalue weighted by molar-refractivity contribution is 6.05. The second-order valence-electron chi connectivity index (χ2n) is 7.27. The van der Waals surface area contributed by atoms with Crippen LogP contribution in [-0.4, -0.2) is 46.1 Å². The molecule has 0 fully saturated rings. The minimum Gasteiger partial charge on any atom is -0.464 e. The molecule has 1 atom stereocenters. The maximum atomic E-state index is 12.9. The molecule has 4 rings (SSSR count). The Balaban J connectivity index is 1.50. The Labute approximate surface area is 162 Å². The van der Waals surface area contributed by atoms with Crippen LogP contribution >= 0.6 is 0 Å². The summed E-state index contributed by atoms with van der Waals surface area (Å²) in [5.74, 6) is -1.19. The number of fused-ring (bicyclic) bond motifs is 2. The van der Waals surface area contributed by atoms with Crippen LogP contribution in [0.3, 0.4) is 0 Å². The van der Waals surface area contributed by atoms with Gasteiger partial charge in [0.2, 0.25) is 11.8 Å². The summed E-state index contributed by atoms with van der Waals surface area (Å²) in [4.78, 5) is 38.7. The van der Waals surface area contributed by atoms with Gasteiger partial charge in [0.15, 0.2) is 5.69 Å². The van der Waals surface area contributed by atoms with E-state index in [1.165, 1.54) is 7.11 Å². The third-order valence-electron chi connectivity index (χ3n) is 5.63. The highest BCUT2D eigenvalue weighted by Gasteiger charge is 2.35. The zero-order valence-electron chi connectivity index (χ0n) is 16.1. The van der Waals surface area contributed by atoms with Gasteiger partial charge in [0, 0.05) is 18.7 Å². The fraction of sp³-hybridized carbons (Fsp3) is 0.400. The predicted molar refractivity (Wildman–Crippen MR) is 101 cm³/mol. The summed E-state index contributed by atoms with van der Waals surface area (Å²) in [6, 6.07) is 5.57. The first-order chi connectivity index (χ1) is 13.4. The topological polar surface area (TPSA) is 93.5 Å². The van der Waals surface area contributed by atoms with Crippen molar-refractivity contribution in [2.24, 2.45) is 0 Å². The maximum absolute atomic E-state index is 12.9. The second-order valence-corrected chi connectivity index (χ2v) is 7.27. The number of hydrogen-bond acceptors (Lipinski definition) is 5. The second kappa shape index (κ2) is 6.78. The summed E-state index contributed by atoms with van der Waals surface area (Å²) in [7, 11) is 1.31. The zero-order valence-corrected chi connectivity index (χ0v) is 16.1. The molecule has 0 spiro atoms. The summed E-state index contributed by atoms with van der Waals surface area (Å²) < 4.78 is 6.42. The Hall–Kier alpha value is -3.16. The molecule has 0 saturated heterocycles. The van der Waals surface area contributed by atoms with E-state index in [9.17, 15) is 14.4 Å². The van der Waals surface area contributed by atoms with Crippen LogP contribution in [-0.2, 0) is 27.4 Å². The largest absolute Gasteiger partial charge is 0.464 e. The number of carbonyl (C=O) groups is 3. The van der Waals surface area contributed by atoms with E-state index in [-0.39, 0.29) is 23.9 Å². The summed E-state index contributed by atoms with van der Waals surface area (Å²) in [6.07, 6.45) is 0.124. The molecule has 2 aliphatic rings. The molecule has 0 unspecified atom stereocenters. The molecule has 3 heterocycles. The van der Waals surface area contributed by atoms with Crippen LogP contribution in [0.2, 0.25) is 0 Å². The Kier molecular flexibility index (Phi) is 4.41. The van der Waals surface area contributed by atoms with Gasteiger partial charge in [0.25, 0.3) is 0 Å². The molecule has 1 aromatic heterocycles. The number of benzene rings is 1. The number of ether oxygens (including phenoxy) is 1. The van der Waals surface area contributed by atoms with Crippen molar-refractivity contribution in [3.63, 3.8) is 0 Å². The van der Waals surface area contributed by atoms with Gasteiger partial charge in [-0.05, 0) is 36.6 Å². The van der Waals surface area contributed by atoms with Crippen LogP contribution in [0.25, 0.3) is 0 Å². The minimum absolute atomic E-state index is 0.0849. The van der Waals surface area contributed by atoms with Crippen LogP contribution in [0.4, 0.5) is 5.69 Å². The van der Waals surface area contributed by atoms with Crippen molar-refractivity contribution in [3.05, 3.63) is 46.3 Å². The molecule has 8 nitrogen and oxygen atoms in total. The molecule has 28 heavy (non-hydrogen) atoms. The molecular formula is C20H22N4O4. The fourth-order valence-electron chi connectivity index (χ4n) is 3.83. The number of methoxy groups -OCH3 is 1. The summed E-state index contributed by atoms with van der Waals surface area (Å²) >= 11 is 0. The smallest absolute Gasteiger partial charge is 0.358 e. The Morgan fingerprint density at radius 2 is 2.07 bits per heavy atom. The number of amides is 2. The number of nitrogens with zero attached hydrogens (tertiary/aromatic N) is 3. The number of nitrogens with one attached hydrogen (secondary N) is 1. The standard InChI is InChI=1S/C20H22N4O4/c1-11-4-5-14-15(19(26)21-18(14)12(11)2)9-17(25)23-6-7-24-13(10-23)8-16(22-24)20(27)28-3/h4-5,8,15H,6-7,9-10H2,1-3H3,(H,21,26)/t15-/m0/s1. The molecule has 1 N–H and O–H groups in total. The van der Waals surface area contributed by atoms with E-state index < -0.39 is 11.9 Å². The van der Waals surface area contributed by atoms with E-state index in [0.29, 0.717) is 19.6 Å². The van der Waals surface area contributed by atoms with E-state index in [1.807, 2.05) is 26.0 Å². The first-order valence-electron chi connectivity index (χ1n) is 9.22. The lowest BCUT2D eigenvalue weighted by atomic mass is 9.93. The van der Waals surface area contributed by atoms with E-state index in [0.717, 1.165) is 28.1 Å². The lowest BCUT2D eigenvalue weighted by molar-refractivity contribution is -0.134. The molecule has 2 amide bonds. The van der Waals surface area contributed by atoms with E-state index in [4.69, 9.17) is 4.74 Å². The van der Waals surface area contributed by atoms with Gasteiger partial charge in [-0.1, -0.05) is 12.1 Å². The summed E-state index contributed by atoms with van der Waals surface area (Å²) in [5.41, 5.74) is 4.89. The van der Waals surface area contributed by atoms with Crippen LogP contribution in [0.15, 0.2) is 18.2 Å². The summed E-state index contributed by atoms with van der Waals surface area (Å²) in [6.45, 7) is 5.33. The third-order valence-corrected chi connectivity index (χ3v) is 5.63. The van der Waals surface area contributed by atoms with Gasteiger partial charge < -0.3 is 15.0 Å². The molecule has 8 heteroatoms. The van der Waals surface area contributed by atoms with E-state index in [1.54, 1.807) is 15.6 Å². The first kappa shape index (κ1) is 18.2. The van der Waals surface area contributed by atoms with Gasteiger partial charge in [-0.25, -0.2) is 4.79 Å². The molecule has 1 aromatic carbocycles. The van der Waals surface area contributed by atoms with Gasteiger partial charge >= 0.3 is 5.97 Å². The molecule has 0 saturated carbocycles. The number of esters is 1. The quantitative estimate of drug-likeness (QED) is 0.817. The maximum Gasteiger partial charge on any atom is 0.358 e. The van der Waals surface area contributed by atoms with Crippen molar-refractivity contribution >= 4 is 23.5 Å². The van der Waals surface area contributed by atoms with Gasteiger partial charge in [0.05, 0.1) is 31.8 Å². The molecule has 0 radical (unpaired) electrons. The highest BCUT2D eigenvalue weighted by Crippen LogP contribution is 2.38. The fourth-order valence-corrected chi connectivity index (χ4v) is 3.83. The van der Waals surface area contributed by atoms with Crippen molar-refractivity contribution in [3.8, 4) is 0 Å². The predicted octanol–water partition coefficient (Wildman–Crippen LogP) is 1.75. The van der Waals surface area contributed by atoms with Crippen LogP contribution in [0.5, 0.6) is 0 Å². The number of carbonyl (C=O) groups excluding carboxylic acids is 3. The molecular weight excluding hydrogens is 360 g/mol. The molecule has 0 aliphatic carbocycles. The Bertz CT molecular complexity index is 994. The molecule has 2 aliphatic heterocycles. The molecule has 146 valence electrons. The van der Waals surface area contributed by atoms with Gasteiger partial charge in [-0.2, -0.15) is 5.10 Å². The van der Waals surface area contributed by atoms with Crippen LogP contribution < -0.4 is 5.32 Å². The van der Waals surface area contributed by atoms with Crippen molar-refractivity contribution in [1.82, 2.24) is 14.7 Å². The highest BCUT2D eigenvalue weighted by atomic mass is 16.5. The van der Waals surface area contributed by atoms with Crippen LogP contribution in [0.1, 0.15) is 45.2 Å². The average Bonchev–Trinajstić information content (AvgIpc) is 3.25. The lowest BCUT2D eigenvalue weighted by Gasteiger charge is -2.28. The summed E-state index contributed by atoms with van der Waals surface area (Å²) in [5, 5.41) is 7.15. The Morgan fingerprint density at radius 3 is 2.82 bits per heavy atom. The van der Waals surface area contributed by atoms with Gasteiger partial charge in [-0.15, -0.1) is 0 Å². The van der Waals surface area contributed by atoms with Crippen LogP contribution in [0, 0.1) is 13.8 Å². The monoisotopic (exact) mass is 382 g/mol. The number of hydrogen-bond donors (Lipinski definition) is 1.